The lowest BCUT2D eigenvalue weighted by Crippen LogP contribution is -2.31. The average Bonchev–Trinajstić information content (AvgIpc) is 3.01. The van der Waals surface area contributed by atoms with Crippen LogP contribution in [0.1, 0.15) is 5.56 Å². The molecule has 0 aliphatic rings. The number of hydrogen-bond donors (Lipinski definition) is 0. The second kappa shape index (κ2) is 5.99. The van der Waals surface area contributed by atoms with Crippen LogP contribution in [-0.4, -0.2) is 28.1 Å². The Morgan fingerprint density at radius 2 is 1.52 bits per heavy atom. The lowest BCUT2D eigenvalue weighted by molar-refractivity contribution is -0.0449. The quantitative estimate of drug-likeness (QED) is 0.709. The third kappa shape index (κ3) is 3.14. The van der Waals surface area contributed by atoms with Crippen molar-refractivity contribution in [3.63, 3.8) is 0 Å². The van der Waals surface area contributed by atoms with E-state index in [0.29, 0.717) is 5.56 Å². The fourth-order valence-electron chi connectivity index (χ4n) is 2.15. The number of nitrogens with zero attached hydrogens (tertiary/aromatic N) is 3. The van der Waals surface area contributed by atoms with Gasteiger partial charge in [0.05, 0.1) is 0 Å². The Hall–Kier alpha value is -2.68. The van der Waals surface area contributed by atoms with Crippen LogP contribution in [0.15, 0.2) is 54.6 Å². The standard InChI is InChI=1S/C16H12F3N3O2S/c1-11-7-9-12(10-8-11)14-20-15(13-5-3-2-4-6-13)22(21-14)25(23,24)16(17,18)19/h2-10H,1H3. The summed E-state index contributed by atoms with van der Waals surface area (Å²) in [7, 11) is -5.71. The molecule has 9 heteroatoms. The summed E-state index contributed by atoms with van der Waals surface area (Å²) in [4.78, 5) is 4.03. The van der Waals surface area contributed by atoms with Gasteiger partial charge in [0, 0.05) is 11.1 Å². The summed E-state index contributed by atoms with van der Waals surface area (Å²) in [6, 6.07) is 14.4. The summed E-state index contributed by atoms with van der Waals surface area (Å²) in [6.45, 7) is 1.85. The normalized spacial score (nSPS) is 12.3. The van der Waals surface area contributed by atoms with E-state index in [9.17, 15) is 21.6 Å². The molecule has 2 aromatic carbocycles. The van der Waals surface area contributed by atoms with Crippen molar-refractivity contribution in [2.24, 2.45) is 0 Å². The smallest absolute Gasteiger partial charge is 0.206 e. The van der Waals surface area contributed by atoms with E-state index in [0.717, 1.165) is 5.56 Å². The van der Waals surface area contributed by atoms with Crippen LogP contribution in [0.25, 0.3) is 22.8 Å². The van der Waals surface area contributed by atoms with Gasteiger partial charge in [-0.15, -0.1) is 9.19 Å². The molecule has 5 nitrogen and oxygen atoms in total. The van der Waals surface area contributed by atoms with Crippen molar-refractivity contribution in [2.75, 3.05) is 0 Å². The first-order chi connectivity index (χ1) is 11.7. The molecule has 0 unspecified atom stereocenters. The van der Waals surface area contributed by atoms with Gasteiger partial charge in [0.25, 0.3) is 0 Å². The van der Waals surface area contributed by atoms with Gasteiger partial charge in [0.1, 0.15) is 0 Å². The molecule has 0 atom stereocenters. The van der Waals surface area contributed by atoms with Gasteiger partial charge in [-0.25, -0.2) is 4.98 Å². The minimum absolute atomic E-state index is 0.0580. The summed E-state index contributed by atoms with van der Waals surface area (Å²) >= 11 is 0. The predicted molar refractivity (Wildman–Crippen MR) is 86.0 cm³/mol. The third-order valence-corrected chi connectivity index (χ3v) is 4.74. The topological polar surface area (TPSA) is 64.8 Å². The number of halogens is 3. The van der Waals surface area contributed by atoms with Gasteiger partial charge in [-0.2, -0.15) is 21.6 Å². The molecule has 0 saturated heterocycles. The van der Waals surface area contributed by atoms with Gasteiger partial charge in [-0.3, -0.25) is 0 Å². The molecule has 1 heterocycles. The highest BCUT2D eigenvalue weighted by molar-refractivity contribution is 7.90. The lowest BCUT2D eigenvalue weighted by atomic mass is 10.1. The maximum Gasteiger partial charge on any atom is 0.518 e. The van der Waals surface area contributed by atoms with Crippen LogP contribution < -0.4 is 0 Å². The zero-order valence-corrected chi connectivity index (χ0v) is 13.7. The van der Waals surface area contributed by atoms with Gasteiger partial charge < -0.3 is 0 Å². The van der Waals surface area contributed by atoms with Crippen molar-refractivity contribution in [3.8, 4) is 22.8 Å². The summed E-state index contributed by atoms with van der Waals surface area (Å²) < 4.78 is 62.7. The number of hydrogen-bond acceptors (Lipinski definition) is 4. The Kier molecular flexibility index (Phi) is 4.11. The van der Waals surface area contributed by atoms with Crippen LogP contribution in [0.5, 0.6) is 0 Å². The minimum Gasteiger partial charge on any atom is -0.206 e. The van der Waals surface area contributed by atoms with E-state index in [1.807, 2.05) is 6.92 Å². The third-order valence-electron chi connectivity index (χ3n) is 3.44. The van der Waals surface area contributed by atoms with E-state index in [1.54, 1.807) is 42.5 Å². The van der Waals surface area contributed by atoms with Gasteiger partial charge in [-0.1, -0.05) is 60.2 Å². The summed E-state index contributed by atoms with van der Waals surface area (Å²) in [5.74, 6) is -0.500. The van der Waals surface area contributed by atoms with Crippen molar-refractivity contribution in [1.29, 1.82) is 0 Å². The molecule has 0 bridgehead atoms. The molecule has 3 rings (SSSR count). The molecule has 3 aromatic rings. The first-order valence-corrected chi connectivity index (χ1v) is 8.55. The van der Waals surface area contributed by atoms with E-state index in [1.165, 1.54) is 12.1 Å². The van der Waals surface area contributed by atoms with Crippen molar-refractivity contribution >= 4 is 10.0 Å². The Morgan fingerprint density at radius 1 is 0.920 bits per heavy atom. The zero-order chi connectivity index (χ0) is 18.2. The molecule has 0 N–H and O–H groups in total. The van der Waals surface area contributed by atoms with Crippen LogP contribution >= 0.6 is 0 Å². The van der Waals surface area contributed by atoms with Crippen molar-refractivity contribution in [2.45, 2.75) is 12.4 Å². The highest BCUT2D eigenvalue weighted by Gasteiger charge is 2.49. The lowest BCUT2D eigenvalue weighted by Gasteiger charge is -2.09. The number of aromatic nitrogens is 3. The number of rotatable bonds is 3. The summed E-state index contributed by atoms with van der Waals surface area (Å²) in [6.07, 6.45) is 0. The largest absolute Gasteiger partial charge is 0.518 e. The second-order valence-corrected chi connectivity index (χ2v) is 7.04. The molecule has 0 spiro atoms. The average molecular weight is 367 g/mol. The maximum absolute atomic E-state index is 13.0. The molecule has 0 fully saturated rings. The Bertz CT molecular complexity index is 995. The number of alkyl halides is 3. The molecule has 0 saturated carbocycles. The SMILES string of the molecule is Cc1ccc(-c2nc(-c3ccccc3)n(S(=O)(=O)C(F)(F)F)n2)cc1. The Balaban J connectivity index is 2.24. The van der Waals surface area contributed by atoms with Crippen LogP contribution in [0.3, 0.4) is 0 Å². The first-order valence-electron chi connectivity index (χ1n) is 7.11. The second-order valence-electron chi connectivity index (χ2n) is 5.28. The van der Waals surface area contributed by atoms with E-state index in [4.69, 9.17) is 0 Å². The fourth-order valence-corrected chi connectivity index (χ4v) is 2.91. The van der Waals surface area contributed by atoms with Crippen LogP contribution in [0.2, 0.25) is 0 Å². The zero-order valence-electron chi connectivity index (χ0n) is 12.9. The maximum atomic E-state index is 13.0. The first kappa shape index (κ1) is 17.2. The summed E-state index contributed by atoms with van der Waals surface area (Å²) in [5.41, 5.74) is -3.93. The van der Waals surface area contributed by atoms with Crippen LogP contribution in [0.4, 0.5) is 13.2 Å². The highest BCUT2D eigenvalue weighted by atomic mass is 32.2. The molecule has 1 aromatic heterocycles. The van der Waals surface area contributed by atoms with Crippen molar-refractivity contribution < 1.29 is 21.6 Å². The summed E-state index contributed by atoms with van der Waals surface area (Å²) in [5, 5.41) is 3.62. The van der Waals surface area contributed by atoms with Gasteiger partial charge in [0.2, 0.25) is 0 Å². The molecule has 0 aliphatic heterocycles. The fraction of sp³-hybridized carbons (Fsp3) is 0.125. The predicted octanol–water partition coefficient (Wildman–Crippen LogP) is 3.62. The monoisotopic (exact) mass is 367 g/mol. The Labute approximate surface area is 141 Å². The molecular formula is C16H12F3N3O2S. The van der Waals surface area contributed by atoms with Crippen molar-refractivity contribution in [1.82, 2.24) is 14.2 Å². The molecule has 0 aliphatic carbocycles. The van der Waals surface area contributed by atoms with Gasteiger partial charge in [-0.05, 0) is 6.92 Å². The Morgan fingerprint density at radius 3 is 2.08 bits per heavy atom. The molecule has 130 valence electrons. The van der Waals surface area contributed by atoms with Crippen LogP contribution in [0, 0.1) is 6.92 Å². The molecule has 0 radical (unpaired) electrons. The molecule has 0 amide bonds. The van der Waals surface area contributed by atoms with E-state index >= 15 is 0 Å². The van der Waals surface area contributed by atoms with Gasteiger partial charge >= 0.3 is 15.5 Å². The number of benzene rings is 2. The highest BCUT2D eigenvalue weighted by Crippen LogP contribution is 2.30. The molecular weight excluding hydrogens is 355 g/mol. The molecule has 25 heavy (non-hydrogen) atoms. The van der Waals surface area contributed by atoms with Gasteiger partial charge in [0.15, 0.2) is 11.6 Å². The van der Waals surface area contributed by atoms with E-state index in [-0.39, 0.29) is 15.5 Å². The van der Waals surface area contributed by atoms with Crippen LogP contribution in [-0.2, 0) is 10.0 Å². The van der Waals surface area contributed by atoms with E-state index in [2.05, 4.69) is 10.1 Å². The van der Waals surface area contributed by atoms with E-state index < -0.39 is 21.4 Å². The van der Waals surface area contributed by atoms with Crippen molar-refractivity contribution in [3.05, 3.63) is 60.2 Å². The number of aryl methyl sites for hydroxylation is 1. The minimum atomic E-state index is -5.71.